The summed E-state index contributed by atoms with van der Waals surface area (Å²) in [5, 5.41) is 9.98. The van der Waals surface area contributed by atoms with E-state index in [1.165, 1.54) is 10.2 Å². The Labute approximate surface area is 184 Å². The minimum absolute atomic E-state index is 0.0943. The van der Waals surface area contributed by atoms with E-state index in [0.717, 1.165) is 22.3 Å². The third-order valence-corrected chi connectivity index (χ3v) is 6.00. The van der Waals surface area contributed by atoms with Crippen molar-refractivity contribution in [2.75, 3.05) is 5.32 Å². The molecule has 1 atom stereocenters. The number of hydrogen-bond acceptors (Lipinski definition) is 4. The predicted molar refractivity (Wildman–Crippen MR) is 125 cm³/mol. The maximum atomic E-state index is 13.4. The van der Waals surface area contributed by atoms with Crippen molar-refractivity contribution < 1.29 is 0 Å². The smallest absolute Gasteiger partial charge is 0.282 e. The summed E-state index contributed by atoms with van der Waals surface area (Å²) in [6.45, 7) is 0.617. The molecule has 0 saturated heterocycles. The number of hydrogen-bond donors (Lipinski definition) is 1. The molecule has 0 amide bonds. The molecule has 6 nitrogen and oxygen atoms in total. The molecule has 6 heteroatoms. The number of benzene rings is 3. The summed E-state index contributed by atoms with van der Waals surface area (Å²) in [6.07, 6.45) is 4.29. The quantitative estimate of drug-likeness (QED) is 0.471. The van der Waals surface area contributed by atoms with Crippen molar-refractivity contribution in [2.45, 2.75) is 19.0 Å². The van der Waals surface area contributed by atoms with E-state index in [2.05, 4.69) is 34.6 Å². The van der Waals surface area contributed by atoms with E-state index in [1.807, 2.05) is 65.4 Å². The Balaban J connectivity index is 1.48. The third kappa shape index (κ3) is 3.08. The average Bonchev–Trinajstić information content (AvgIpc) is 3.30. The molecule has 3 aromatic carbocycles. The Morgan fingerprint density at radius 1 is 0.938 bits per heavy atom. The summed E-state index contributed by atoms with van der Waals surface area (Å²) in [7, 11) is 0. The molecule has 0 bridgehead atoms. The predicted octanol–water partition coefficient (Wildman–Crippen LogP) is 4.34. The summed E-state index contributed by atoms with van der Waals surface area (Å²) in [4.78, 5) is 17.9. The number of aromatic nitrogens is 4. The minimum Gasteiger partial charge on any atom is -0.377 e. The molecule has 1 unspecified atom stereocenters. The van der Waals surface area contributed by atoms with E-state index in [0.29, 0.717) is 24.3 Å². The number of anilines is 1. The van der Waals surface area contributed by atoms with Crippen LogP contribution in [0.3, 0.4) is 0 Å². The lowest BCUT2D eigenvalue weighted by Gasteiger charge is -2.27. The van der Waals surface area contributed by atoms with E-state index < -0.39 is 0 Å². The fourth-order valence-electron chi connectivity index (χ4n) is 4.49. The van der Waals surface area contributed by atoms with Gasteiger partial charge in [0.25, 0.3) is 5.56 Å². The first-order chi connectivity index (χ1) is 15.8. The van der Waals surface area contributed by atoms with Crippen molar-refractivity contribution in [1.82, 2.24) is 19.3 Å². The largest absolute Gasteiger partial charge is 0.377 e. The summed E-state index contributed by atoms with van der Waals surface area (Å²) in [5.74, 6) is 0.525. The molecule has 0 aliphatic carbocycles. The first kappa shape index (κ1) is 18.6. The van der Waals surface area contributed by atoms with Crippen LogP contribution in [0.5, 0.6) is 0 Å². The van der Waals surface area contributed by atoms with Crippen LogP contribution in [0.15, 0.2) is 96.1 Å². The molecule has 1 aliphatic heterocycles. The molecule has 156 valence electrons. The van der Waals surface area contributed by atoms with Crippen molar-refractivity contribution in [3.63, 3.8) is 0 Å². The van der Waals surface area contributed by atoms with Gasteiger partial charge in [0.15, 0.2) is 0 Å². The molecule has 1 aliphatic rings. The van der Waals surface area contributed by atoms with Crippen LogP contribution in [0.1, 0.15) is 22.9 Å². The van der Waals surface area contributed by atoms with Crippen molar-refractivity contribution in [2.24, 2.45) is 0 Å². The molecular formula is C26H21N5O. The molecule has 0 saturated carbocycles. The molecule has 0 radical (unpaired) electrons. The molecule has 1 N–H and O–H groups in total. The zero-order valence-electron chi connectivity index (χ0n) is 17.3. The number of nitrogens with one attached hydrogen (secondary N) is 1. The van der Waals surface area contributed by atoms with Crippen molar-refractivity contribution in [3.8, 4) is 5.95 Å². The molecule has 6 rings (SSSR count). The first-order valence-corrected chi connectivity index (χ1v) is 10.7. The highest BCUT2D eigenvalue weighted by atomic mass is 16.1. The second-order valence-electron chi connectivity index (χ2n) is 8.04. The maximum Gasteiger partial charge on any atom is 0.282 e. The lowest BCUT2D eigenvalue weighted by molar-refractivity contribution is 0.650. The van der Waals surface area contributed by atoms with Gasteiger partial charge in [-0.15, -0.1) is 0 Å². The highest BCUT2D eigenvalue weighted by molar-refractivity contribution is 5.96. The highest BCUT2D eigenvalue weighted by Gasteiger charge is 2.25. The zero-order valence-corrected chi connectivity index (χ0v) is 17.3. The minimum atomic E-state index is -0.161. The van der Waals surface area contributed by atoms with E-state index in [1.54, 1.807) is 6.20 Å². The van der Waals surface area contributed by atoms with Gasteiger partial charge >= 0.3 is 0 Å². The lowest BCUT2D eigenvalue weighted by atomic mass is 9.94. The van der Waals surface area contributed by atoms with Gasteiger partial charge in [0.1, 0.15) is 0 Å². The Kier molecular flexibility index (Phi) is 4.35. The molecule has 3 heterocycles. The van der Waals surface area contributed by atoms with Gasteiger partial charge in [0.2, 0.25) is 5.95 Å². The Hall–Kier alpha value is -4.19. The SMILES string of the molecule is O=c1c2cccc3c2c(nn1-c1nccn1Cc1ccccc1)CC(c1ccccc1)N3. The van der Waals surface area contributed by atoms with Crippen LogP contribution in [0, 0.1) is 0 Å². The van der Waals surface area contributed by atoms with Crippen molar-refractivity contribution in [3.05, 3.63) is 118 Å². The summed E-state index contributed by atoms with van der Waals surface area (Å²) in [6, 6.07) is 26.4. The van der Waals surface area contributed by atoms with Crippen LogP contribution in [0.2, 0.25) is 0 Å². The lowest BCUT2D eigenvalue weighted by Crippen LogP contribution is -2.29. The first-order valence-electron chi connectivity index (χ1n) is 10.7. The highest BCUT2D eigenvalue weighted by Crippen LogP contribution is 2.35. The van der Waals surface area contributed by atoms with Crippen LogP contribution in [0.4, 0.5) is 5.69 Å². The van der Waals surface area contributed by atoms with Gasteiger partial charge in [0, 0.05) is 29.9 Å². The molecule has 0 fully saturated rings. The summed E-state index contributed by atoms with van der Waals surface area (Å²) >= 11 is 0. The van der Waals surface area contributed by atoms with Gasteiger partial charge in [-0.3, -0.25) is 4.79 Å². The Morgan fingerprint density at radius 2 is 1.72 bits per heavy atom. The van der Waals surface area contributed by atoms with Crippen LogP contribution in [-0.2, 0) is 13.0 Å². The number of nitrogens with zero attached hydrogens (tertiary/aromatic N) is 4. The number of rotatable bonds is 4. The fraction of sp³-hybridized carbons (Fsp3) is 0.115. The van der Waals surface area contributed by atoms with E-state index in [4.69, 9.17) is 5.10 Å². The topological polar surface area (TPSA) is 64.7 Å². The Bertz CT molecular complexity index is 1470. The molecule has 5 aromatic rings. The normalized spacial score (nSPS) is 14.9. The van der Waals surface area contributed by atoms with Gasteiger partial charge in [-0.1, -0.05) is 66.7 Å². The molecule has 2 aromatic heterocycles. The van der Waals surface area contributed by atoms with E-state index in [9.17, 15) is 4.79 Å². The summed E-state index contributed by atoms with van der Waals surface area (Å²) in [5.41, 5.74) is 4.02. The van der Waals surface area contributed by atoms with Crippen LogP contribution < -0.4 is 10.9 Å². The molecule has 32 heavy (non-hydrogen) atoms. The van der Waals surface area contributed by atoms with E-state index in [-0.39, 0.29) is 11.6 Å². The number of imidazole rings is 1. The second kappa shape index (κ2) is 7.50. The van der Waals surface area contributed by atoms with Gasteiger partial charge in [-0.05, 0) is 23.3 Å². The van der Waals surface area contributed by atoms with Gasteiger partial charge in [-0.25, -0.2) is 4.98 Å². The zero-order chi connectivity index (χ0) is 21.5. The third-order valence-electron chi connectivity index (χ3n) is 6.00. The van der Waals surface area contributed by atoms with Crippen LogP contribution in [0.25, 0.3) is 16.7 Å². The molecular weight excluding hydrogens is 398 g/mol. The monoisotopic (exact) mass is 419 g/mol. The van der Waals surface area contributed by atoms with Crippen molar-refractivity contribution in [1.29, 1.82) is 0 Å². The van der Waals surface area contributed by atoms with Crippen molar-refractivity contribution >= 4 is 16.5 Å². The van der Waals surface area contributed by atoms with Crippen LogP contribution >= 0.6 is 0 Å². The summed E-state index contributed by atoms with van der Waals surface area (Å²) < 4.78 is 3.42. The van der Waals surface area contributed by atoms with Gasteiger partial charge in [0.05, 0.1) is 23.7 Å². The average molecular weight is 419 g/mol. The Morgan fingerprint density at radius 3 is 2.53 bits per heavy atom. The standard InChI is InChI=1S/C26H21N5O/c32-25-20-12-7-13-21-24(20)23(16-22(28-21)19-10-5-2-6-11-19)29-31(25)26-27-14-15-30(26)17-18-8-3-1-4-9-18/h1-15,22,28H,16-17H2. The second-order valence-corrected chi connectivity index (χ2v) is 8.04. The maximum absolute atomic E-state index is 13.4. The van der Waals surface area contributed by atoms with Gasteiger partial charge in [-0.2, -0.15) is 9.78 Å². The van der Waals surface area contributed by atoms with Gasteiger partial charge < -0.3 is 9.88 Å². The van der Waals surface area contributed by atoms with Crippen LogP contribution in [-0.4, -0.2) is 19.3 Å². The van der Waals surface area contributed by atoms with E-state index >= 15 is 0 Å². The molecule has 0 spiro atoms. The fourth-order valence-corrected chi connectivity index (χ4v) is 4.49.